The second-order valence-electron chi connectivity index (χ2n) is 6.01. The molecule has 2 rings (SSSR count). The quantitative estimate of drug-likeness (QED) is 0.451. The Kier molecular flexibility index (Phi) is 5.96. The van der Waals surface area contributed by atoms with Gasteiger partial charge < -0.3 is 9.80 Å². The molecule has 0 spiro atoms. The van der Waals surface area contributed by atoms with Crippen molar-refractivity contribution in [2.45, 2.75) is 0 Å². The largest absolute Gasteiger partial charge is 0.378 e. The summed E-state index contributed by atoms with van der Waals surface area (Å²) in [5.74, 6) is 0.00733. The Morgan fingerprint density at radius 1 is 0.750 bits per heavy atom. The number of anilines is 2. The van der Waals surface area contributed by atoms with Crippen LogP contribution >= 0.6 is 0 Å². The summed E-state index contributed by atoms with van der Waals surface area (Å²) in [5, 5.41) is 0. The molecule has 2 aromatic carbocycles. The first-order chi connectivity index (χ1) is 11.5. The van der Waals surface area contributed by atoms with Crippen molar-refractivity contribution in [2.75, 3.05) is 38.0 Å². The summed E-state index contributed by atoms with van der Waals surface area (Å²) in [6, 6.07) is 15.9. The zero-order valence-corrected chi connectivity index (χ0v) is 14.7. The predicted molar refractivity (Wildman–Crippen MR) is 104 cm³/mol. The summed E-state index contributed by atoms with van der Waals surface area (Å²) in [6.07, 6.45) is 7.24. The molecule has 0 unspecified atom stereocenters. The molecule has 24 heavy (non-hydrogen) atoms. The van der Waals surface area contributed by atoms with E-state index in [4.69, 9.17) is 0 Å². The van der Waals surface area contributed by atoms with Gasteiger partial charge in [0.25, 0.3) is 0 Å². The normalized spacial score (nSPS) is 11.2. The van der Waals surface area contributed by atoms with E-state index in [1.54, 1.807) is 12.2 Å². The van der Waals surface area contributed by atoms with E-state index in [0.717, 1.165) is 11.3 Å². The Morgan fingerprint density at radius 2 is 1.25 bits per heavy atom. The van der Waals surface area contributed by atoms with Crippen LogP contribution in [-0.2, 0) is 0 Å². The van der Waals surface area contributed by atoms with E-state index in [-0.39, 0.29) is 5.78 Å². The molecular formula is C21H24N2O. The monoisotopic (exact) mass is 320 g/mol. The van der Waals surface area contributed by atoms with Crippen LogP contribution in [0.5, 0.6) is 0 Å². The van der Waals surface area contributed by atoms with Crippen LogP contribution in [0.25, 0.3) is 6.08 Å². The third-order valence-corrected chi connectivity index (χ3v) is 3.73. The highest BCUT2D eigenvalue weighted by atomic mass is 16.1. The molecule has 0 aromatic heterocycles. The minimum atomic E-state index is 0.00733. The van der Waals surface area contributed by atoms with E-state index < -0.39 is 0 Å². The molecular weight excluding hydrogens is 296 g/mol. The van der Waals surface area contributed by atoms with Gasteiger partial charge in [0, 0.05) is 45.1 Å². The highest BCUT2D eigenvalue weighted by molar-refractivity contribution is 6.04. The Hall–Kier alpha value is -2.81. The van der Waals surface area contributed by atoms with Crippen LogP contribution in [0.15, 0.2) is 66.8 Å². The fraction of sp³-hybridized carbons (Fsp3) is 0.190. The predicted octanol–water partition coefficient (Wildman–Crippen LogP) is 4.27. The first-order valence-corrected chi connectivity index (χ1v) is 7.91. The van der Waals surface area contributed by atoms with Gasteiger partial charge in [-0.2, -0.15) is 0 Å². The van der Waals surface area contributed by atoms with Crippen LogP contribution < -0.4 is 9.80 Å². The second-order valence-corrected chi connectivity index (χ2v) is 6.01. The lowest BCUT2D eigenvalue weighted by Gasteiger charge is -2.11. The fourth-order valence-corrected chi connectivity index (χ4v) is 2.21. The van der Waals surface area contributed by atoms with Gasteiger partial charge in [-0.25, -0.2) is 0 Å². The summed E-state index contributed by atoms with van der Waals surface area (Å²) < 4.78 is 0. The maximum absolute atomic E-state index is 12.1. The number of allylic oxidation sites excluding steroid dienone is 3. The average molecular weight is 320 g/mol. The molecule has 0 radical (unpaired) electrons. The number of hydrogen-bond donors (Lipinski definition) is 0. The van der Waals surface area contributed by atoms with E-state index >= 15 is 0 Å². The molecule has 0 fully saturated rings. The number of benzene rings is 2. The van der Waals surface area contributed by atoms with Gasteiger partial charge in [-0.3, -0.25) is 4.79 Å². The van der Waals surface area contributed by atoms with Gasteiger partial charge in [0.1, 0.15) is 0 Å². The van der Waals surface area contributed by atoms with Crippen molar-refractivity contribution >= 4 is 23.2 Å². The highest BCUT2D eigenvalue weighted by Gasteiger charge is 2.01. The molecule has 0 amide bonds. The van der Waals surface area contributed by atoms with E-state index in [9.17, 15) is 4.79 Å². The standard InChI is InChI=1S/C21H24N2O/c1-22(2)19-13-9-17(10-14-19)7-5-6-8-21(24)18-11-15-20(16-12-18)23(3)4/h5-16H,1-4H3/b7-5+,8-6+. The topological polar surface area (TPSA) is 23.6 Å². The van der Waals surface area contributed by atoms with Crippen molar-refractivity contribution in [3.8, 4) is 0 Å². The van der Waals surface area contributed by atoms with Crippen molar-refractivity contribution in [3.63, 3.8) is 0 Å². The smallest absolute Gasteiger partial charge is 0.185 e. The Balaban J connectivity index is 1.96. The average Bonchev–Trinajstić information content (AvgIpc) is 2.59. The zero-order chi connectivity index (χ0) is 17.5. The van der Waals surface area contributed by atoms with E-state index in [1.807, 2.05) is 69.5 Å². The van der Waals surface area contributed by atoms with Gasteiger partial charge >= 0.3 is 0 Å². The molecule has 3 nitrogen and oxygen atoms in total. The highest BCUT2D eigenvalue weighted by Crippen LogP contribution is 2.14. The number of ketones is 1. The number of nitrogens with zero attached hydrogens (tertiary/aromatic N) is 2. The first kappa shape index (κ1) is 17.5. The van der Waals surface area contributed by atoms with Crippen molar-refractivity contribution in [2.24, 2.45) is 0 Å². The molecule has 0 N–H and O–H groups in total. The van der Waals surface area contributed by atoms with Crippen molar-refractivity contribution in [1.82, 2.24) is 0 Å². The van der Waals surface area contributed by atoms with Gasteiger partial charge in [-0.05, 0) is 48.0 Å². The zero-order valence-electron chi connectivity index (χ0n) is 14.7. The fourth-order valence-electron chi connectivity index (χ4n) is 2.21. The molecule has 0 aliphatic rings. The molecule has 0 heterocycles. The van der Waals surface area contributed by atoms with Crippen LogP contribution in [0.2, 0.25) is 0 Å². The molecule has 3 heteroatoms. The number of hydrogen-bond acceptors (Lipinski definition) is 3. The molecule has 0 aliphatic carbocycles. The summed E-state index contributed by atoms with van der Waals surface area (Å²) in [4.78, 5) is 16.2. The molecule has 0 saturated heterocycles. The van der Waals surface area contributed by atoms with Crippen LogP contribution in [0.4, 0.5) is 11.4 Å². The number of rotatable bonds is 6. The maximum atomic E-state index is 12.1. The van der Waals surface area contributed by atoms with Gasteiger partial charge in [-0.1, -0.05) is 30.4 Å². The minimum Gasteiger partial charge on any atom is -0.378 e. The lowest BCUT2D eigenvalue weighted by Crippen LogP contribution is -2.08. The molecule has 0 bridgehead atoms. The van der Waals surface area contributed by atoms with Crippen LogP contribution in [0.3, 0.4) is 0 Å². The third-order valence-electron chi connectivity index (χ3n) is 3.73. The third kappa shape index (κ3) is 4.85. The van der Waals surface area contributed by atoms with Gasteiger partial charge in [0.2, 0.25) is 0 Å². The van der Waals surface area contributed by atoms with Crippen LogP contribution in [-0.4, -0.2) is 34.0 Å². The van der Waals surface area contributed by atoms with Crippen LogP contribution in [0.1, 0.15) is 15.9 Å². The molecule has 2 aromatic rings. The van der Waals surface area contributed by atoms with Crippen molar-refractivity contribution < 1.29 is 4.79 Å². The molecule has 0 saturated carbocycles. The van der Waals surface area contributed by atoms with Crippen LogP contribution in [0, 0.1) is 0 Å². The summed E-state index contributed by atoms with van der Waals surface area (Å²) in [6.45, 7) is 0. The molecule has 0 atom stereocenters. The molecule has 124 valence electrons. The summed E-state index contributed by atoms with van der Waals surface area (Å²) in [7, 11) is 7.99. The van der Waals surface area contributed by atoms with E-state index in [1.165, 1.54) is 5.69 Å². The van der Waals surface area contributed by atoms with Gasteiger partial charge in [0.15, 0.2) is 5.78 Å². The van der Waals surface area contributed by atoms with E-state index in [2.05, 4.69) is 29.2 Å². The minimum absolute atomic E-state index is 0.00733. The number of carbonyl (C=O) groups is 1. The van der Waals surface area contributed by atoms with E-state index in [0.29, 0.717) is 5.56 Å². The second kappa shape index (κ2) is 8.16. The van der Waals surface area contributed by atoms with Crippen molar-refractivity contribution in [3.05, 3.63) is 77.9 Å². The SMILES string of the molecule is CN(C)c1ccc(/C=C/C=C/C(=O)c2ccc(N(C)C)cc2)cc1. The Morgan fingerprint density at radius 3 is 1.75 bits per heavy atom. The maximum Gasteiger partial charge on any atom is 0.185 e. The first-order valence-electron chi connectivity index (χ1n) is 7.91. The summed E-state index contributed by atoms with van der Waals surface area (Å²) in [5.41, 5.74) is 4.05. The number of carbonyl (C=O) groups excluding carboxylic acids is 1. The van der Waals surface area contributed by atoms with Gasteiger partial charge in [0.05, 0.1) is 0 Å². The lowest BCUT2D eigenvalue weighted by molar-refractivity contribution is 0.104. The summed E-state index contributed by atoms with van der Waals surface area (Å²) >= 11 is 0. The van der Waals surface area contributed by atoms with Gasteiger partial charge in [-0.15, -0.1) is 0 Å². The molecule has 0 aliphatic heterocycles. The Labute approximate surface area is 144 Å². The Bertz CT molecular complexity index is 723. The lowest BCUT2D eigenvalue weighted by atomic mass is 10.1. The van der Waals surface area contributed by atoms with Crippen molar-refractivity contribution in [1.29, 1.82) is 0 Å².